The Labute approximate surface area is 152 Å². The van der Waals surface area contributed by atoms with Gasteiger partial charge in [-0.05, 0) is 31.2 Å². The van der Waals surface area contributed by atoms with Gasteiger partial charge >= 0.3 is 0 Å². The van der Waals surface area contributed by atoms with E-state index in [9.17, 15) is 0 Å². The van der Waals surface area contributed by atoms with Crippen LogP contribution in [0.15, 0.2) is 30.3 Å². The number of piperidine rings is 1. The molecule has 2 saturated heterocycles. The molecule has 2 aliphatic rings. The molecule has 1 aromatic carbocycles. The Hall–Kier alpha value is -2.69. The van der Waals surface area contributed by atoms with E-state index in [-0.39, 0.29) is 0 Å². The molecule has 1 spiro atoms. The molecule has 2 fully saturated rings. The van der Waals surface area contributed by atoms with Crippen LogP contribution in [0.2, 0.25) is 0 Å². The maximum absolute atomic E-state index is 8.90. The summed E-state index contributed by atoms with van der Waals surface area (Å²) in [5, 5.41) is 12.2. The molecule has 1 N–H and O–H groups in total. The molecule has 7 nitrogen and oxygen atoms in total. The van der Waals surface area contributed by atoms with Crippen molar-refractivity contribution in [2.75, 3.05) is 36.5 Å². The van der Waals surface area contributed by atoms with Crippen LogP contribution in [0, 0.1) is 18.3 Å². The largest absolute Gasteiger partial charge is 0.347 e. The van der Waals surface area contributed by atoms with E-state index < -0.39 is 5.79 Å². The Morgan fingerprint density at radius 3 is 2.46 bits per heavy atom. The van der Waals surface area contributed by atoms with Crippen LogP contribution >= 0.6 is 0 Å². The Morgan fingerprint density at radius 1 is 1.12 bits per heavy atom. The summed E-state index contributed by atoms with van der Waals surface area (Å²) >= 11 is 0. The van der Waals surface area contributed by atoms with Crippen molar-refractivity contribution < 1.29 is 9.47 Å². The van der Waals surface area contributed by atoms with Gasteiger partial charge in [-0.1, -0.05) is 0 Å². The number of benzene rings is 1. The smallest absolute Gasteiger partial charge is 0.227 e. The van der Waals surface area contributed by atoms with Crippen molar-refractivity contribution in [1.29, 1.82) is 5.26 Å². The molecular weight excluding hydrogens is 330 g/mol. The first-order valence-corrected chi connectivity index (χ1v) is 8.82. The maximum atomic E-state index is 8.90. The van der Waals surface area contributed by atoms with E-state index >= 15 is 0 Å². The topological polar surface area (TPSA) is 83.3 Å². The fourth-order valence-electron chi connectivity index (χ4n) is 3.37. The highest BCUT2D eigenvalue weighted by Gasteiger charge is 2.40. The van der Waals surface area contributed by atoms with Gasteiger partial charge in [-0.2, -0.15) is 10.2 Å². The Balaban J connectivity index is 1.48. The number of rotatable bonds is 3. The Kier molecular flexibility index (Phi) is 4.45. The fourth-order valence-corrected chi connectivity index (χ4v) is 3.37. The third-order valence-corrected chi connectivity index (χ3v) is 4.75. The van der Waals surface area contributed by atoms with E-state index in [4.69, 9.17) is 14.7 Å². The third kappa shape index (κ3) is 3.47. The zero-order chi connectivity index (χ0) is 18.0. The normalized spacial score (nSPS) is 18.7. The van der Waals surface area contributed by atoms with Crippen molar-refractivity contribution in [3.8, 4) is 6.07 Å². The number of hydrogen-bond acceptors (Lipinski definition) is 7. The second kappa shape index (κ2) is 6.90. The highest BCUT2D eigenvalue weighted by Crippen LogP contribution is 2.32. The lowest BCUT2D eigenvalue weighted by Gasteiger charge is -2.37. The van der Waals surface area contributed by atoms with E-state index in [1.165, 1.54) is 0 Å². The van der Waals surface area contributed by atoms with Gasteiger partial charge in [0, 0.05) is 43.4 Å². The highest BCUT2D eigenvalue weighted by atomic mass is 16.7. The van der Waals surface area contributed by atoms with Crippen LogP contribution in [-0.2, 0) is 9.47 Å². The van der Waals surface area contributed by atoms with Crippen molar-refractivity contribution in [3.05, 3.63) is 41.6 Å². The third-order valence-electron chi connectivity index (χ3n) is 4.75. The predicted octanol–water partition coefficient (Wildman–Crippen LogP) is 2.74. The average molecular weight is 351 g/mol. The lowest BCUT2D eigenvalue weighted by molar-refractivity contribution is -0.169. The summed E-state index contributed by atoms with van der Waals surface area (Å²) in [6.07, 6.45) is 1.64. The molecule has 7 heteroatoms. The first kappa shape index (κ1) is 16.8. The van der Waals surface area contributed by atoms with E-state index in [1.807, 2.05) is 25.1 Å². The van der Waals surface area contributed by atoms with Crippen LogP contribution in [0.3, 0.4) is 0 Å². The average Bonchev–Trinajstić information content (AvgIpc) is 3.10. The van der Waals surface area contributed by atoms with E-state index in [2.05, 4.69) is 26.3 Å². The van der Waals surface area contributed by atoms with E-state index in [1.54, 1.807) is 12.1 Å². The molecule has 0 amide bonds. The lowest BCUT2D eigenvalue weighted by Crippen LogP contribution is -2.45. The second-order valence-corrected chi connectivity index (χ2v) is 6.60. The highest BCUT2D eigenvalue weighted by molar-refractivity contribution is 5.58. The SMILES string of the molecule is Cc1cc(Nc2ccc(C#N)cc2)nc(N2CCC3(CC2)OCCO3)n1. The van der Waals surface area contributed by atoms with Gasteiger partial charge in [0.05, 0.1) is 24.8 Å². The van der Waals surface area contributed by atoms with Crippen molar-refractivity contribution in [1.82, 2.24) is 9.97 Å². The fraction of sp³-hybridized carbons (Fsp3) is 0.421. The molecule has 0 atom stereocenters. The molecular formula is C19H21N5O2. The summed E-state index contributed by atoms with van der Waals surface area (Å²) in [5.74, 6) is 1.06. The standard InChI is InChI=1S/C19H21N5O2/c1-14-12-17(22-16-4-2-15(13-20)3-5-16)23-18(21-14)24-8-6-19(7-9-24)25-10-11-26-19/h2-5,12H,6-11H2,1H3,(H,21,22,23). The molecule has 0 saturated carbocycles. The van der Waals surface area contributed by atoms with Gasteiger partial charge < -0.3 is 19.7 Å². The molecule has 2 aromatic rings. The first-order chi connectivity index (χ1) is 12.7. The minimum Gasteiger partial charge on any atom is -0.347 e. The van der Waals surface area contributed by atoms with Crippen LogP contribution < -0.4 is 10.2 Å². The van der Waals surface area contributed by atoms with Crippen molar-refractivity contribution in [2.45, 2.75) is 25.6 Å². The number of anilines is 3. The molecule has 0 radical (unpaired) electrons. The van der Waals surface area contributed by atoms with Gasteiger partial charge in [-0.15, -0.1) is 0 Å². The quantitative estimate of drug-likeness (QED) is 0.910. The van der Waals surface area contributed by atoms with Crippen molar-refractivity contribution >= 4 is 17.5 Å². The summed E-state index contributed by atoms with van der Waals surface area (Å²) in [6, 6.07) is 11.3. The molecule has 0 aliphatic carbocycles. The number of aromatic nitrogens is 2. The number of aryl methyl sites for hydroxylation is 1. The molecule has 0 unspecified atom stereocenters. The summed E-state index contributed by atoms with van der Waals surface area (Å²) in [4.78, 5) is 11.4. The van der Waals surface area contributed by atoms with Gasteiger partial charge in [0.2, 0.25) is 5.95 Å². The molecule has 2 aliphatic heterocycles. The number of nitrogens with zero attached hydrogens (tertiary/aromatic N) is 4. The van der Waals surface area contributed by atoms with Gasteiger partial charge in [0.15, 0.2) is 5.79 Å². The van der Waals surface area contributed by atoms with Crippen LogP contribution in [0.1, 0.15) is 24.1 Å². The van der Waals surface area contributed by atoms with Gasteiger partial charge in [-0.3, -0.25) is 0 Å². The number of nitriles is 1. The molecule has 1 aromatic heterocycles. The number of nitrogens with one attached hydrogen (secondary N) is 1. The maximum Gasteiger partial charge on any atom is 0.227 e. The van der Waals surface area contributed by atoms with Crippen molar-refractivity contribution in [3.63, 3.8) is 0 Å². The zero-order valence-corrected chi connectivity index (χ0v) is 14.7. The summed E-state index contributed by atoms with van der Waals surface area (Å²) in [5.41, 5.74) is 2.42. The molecule has 26 heavy (non-hydrogen) atoms. The molecule has 134 valence electrons. The van der Waals surface area contributed by atoms with Gasteiger partial charge in [0.25, 0.3) is 0 Å². The van der Waals surface area contributed by atoms with Crippen LogP contribution in [0.4, 0.5) is 17.5 Å². The van der Waals surface area contributed by atoms with Crippen LogP contribution in [0.5, 0.6) is 0 Å². The monoisotopic (exact) mass is 351 g/mol. The molecule has 3 heterocycles. The first-order valence-electron chi connectivity index (χ1n) is 8.82. The molecule has 4 rings (SSSR count). The van der Waals surface area contributed by atoms with Crippen LogP contribution in [-0.4, -0.2) is 42.1 Å². The van der Waals surface area contributed by atoms with E-state index in [0.717, 1.165) is 43.1 Å². The van der Waals surface area contributed by atoms with Gasteiger partial charge in [-0.25, -0.2) is 4.98 Å². The summed E-state index contributed by atoms with van der Waals surface area (Å²) in [7, 11) is 0. The Morgan fingerprint density at radius 2 is 1.81 bits per heavy atom. The lowest BCUT2D eigenvalue weighted by atomic mass is 10.0. The van der Waals surface area contributed by atoms with Crippen molar-refractivity contribution in [2.24, 2.45) is 0 Å². The Bertz CT molecular complexity index is 815. The number of hydrogen-bond donors (Lipinski definition) is 1. The summed E-state index contributed by atoms with van der Waals surface area (Å²) in [6.45, 7) is 4.93. The zero-order valence-electron chi connectivity index (χ0n) is 14.7. The summed E-state index contributed by atoms with van der Waals surface area (Å²) < 4.78 is 11.6. The minimum absolute atomic E-state index is 0.399. The van der Waals surface area contributed by atoms with Gasteiger partial charge in [0.1, 0.15) is 5.82 Å². The minimum atomic E-state index is -0.399. The van der Waals surface area contributed by atoms with E-state index in [0.29, 0.717) is 24.7 Å². The predicted molar refractivity (Wildman–Crippen MR) is 97.3 cm³/mol. The molecule has 0 bridgehead atoms. The second-order valence-electron chi connectivity index (χ2n) is 6.60. The van der Waals surface area contributed by atoms with Crippen LogP contribution in [0.25, 0.3) is 0 Å². The number of ether oxygens (including phenoxy) is 2.